The molecule has 29 heavy (non-hydrogen) atoms. The Hall–Kier alpha value is -5.26. The van der Waals surface area contributed by atoms with E-state index in [1.807, 2.05) is 0 Å². The smallest absolute Gasteiger partial charge is 0.293 e. The average molecular weight is 380 g/mol. The molecule has 136 valence electrons. The summed E-state index contributed by atoms with van der Waals surface area (Å²) in [4.78, 5) is 29.5. The summed E-state index contributed by atoms with van der Waals surface area (Å²) in [5.74, 6) is 38.2. The number of rotatable bonds is 8. The summed E-state index contributed by atoms with van der Waals surface area (Å²) < 4.78 is 8.92. The number of ether oxygens (including phenoxy) is 2. The molecule has 0 rings (SSSR count). The number of hydrogen-bond acceptors (Lipinski definition) is 6. The van der Waals surface area contributed by atoms with E-state index >= 15 is 0 Å². The lowest BCUT2D eigenvalue weighted by molar-refractivity contribution is -0.285. The lowest BCUT2D eigenvalue weighted by Crippen LogP contribution is -2.25. The highest BCUT2D eigenvalue weighted by molar-refractivity contribution is 5.46. The van der Waals surface area contributed by atoms with Crippen molar-refractivity contribution in [3.8, 4) is 107 Å². The maximum Gasteiger partial charge on any atom is 0.293 e. The SMILES string of the molecule is C#CC#CC#CC#CC#CC#CC#CC#CC#COOC(COC=O)COC=O. The Bertz CT molecular complexity index is 1100. The third kappa shape index (κ3) is 18.9. The topological polar surface area (TPSA) is 71.1 Å². The first-order chi connectivity index (χ1) is 14.3. The fourth-order valence-electron chi connectivity index (χ4n) is 0.978. The number of carbonyl (C=O) groups excluding carboxylic acids is 2. The second-order valence-electron chi connectivity index (χ2n) is 3.78. The maximum absolute atomic E-state index is 10.1. The van der Waals surface area contributed by atoms with E-state index in [0.717, 1.165) is 0 Å². The van der Waals surface area contributed by atoms with Crippen LogP contribution in [0.15, 0.2) is 0 Å². The highest BCUT2D eigenvalue weighted by atomic mass is 17.2. The third-order valence-electron chi connectivity index (χ3n) is 1.92. The Morgan fingerprint density at radius 1 is 0.621 bits per heavy atom. The van der Waals surface area contributed by atoms with Gasteiger partial charge in [-0.3, -0.25) is 14.5 Å². The molecule has 0 saturated heterocycles. The van der Waals surface area contributed by atoms with E-state index in [0.29, 0.717) is 0 Å². The van der Waals surface area contributed by atoms with Crippen LogP contribution in [-0.4, -0.2) is 32.3 Å². The molecule has 0 unspecified atom stereocenters. The summed E-state index contributed by atoms with van der Waals surface area (Å²) in [7, 11) is 0. The number of carbonyl (C=O) groups is 2. The lowest BCUT2D eigenvalue weighted by Gasteiger charge is -2.11. The van der Waals surface area contributed by atoms with Crippen LogP contribution in [0.4, 0.5) is 0 Å². The Kier molecular flexibility index (Phi) is 17.0. The molecule has 0 aromatic carbocycles. The van der Waals surface area contributed by atoms with Crippen molar-refractivity contribution >= 4 is 12.9 Å². The molecule has 0 spiro atoms. The first-order valence-electron chi connectivity index (χ1n) is 7.23. The quantitative estimate of drug-likeness (QED) is 0.239. The first-order valence-corrected chi connectivity index (χ1v) is 7.23. The lowest BCUT2D eigenvalue weighted by atomic mass is 10.4. The molecule has 0 aliphatic heterocycles. The summed E-state index contributed by atoms with van der Waals surface area (Å²) in [6.07, 6.45) is 6.19. The summed E-state index contributed by atoms with van der Waals surface area (Å²) >= 11 is 0. The first kappa shape index (κ1) is 23.7. The second kappa shape index (κ2) is 20.8. The molecule has 0 aliphatic rings. The predicted molar refractivity (Wildman–Crippen MR) is 101 cm³/mol. The minimum Gasteiger partial charge on any atom is -0.465 e. The highest BCUT2D eigenvalue weighted by Gasteiger charge is 2.12. The Labute approximate surface area is 168 Å². The standard InChI is InChI=1S/C23H8O6/c1-2-3-4-5-6-7-8-9-10-11-12-13-14-15-16-17-18-28-29-23(19-26-21-24)20-27-22-25/h1,21-23H,19-20H2. The van der Waals surface area contributed by atoms with Crippen LogP contribution in [0.2, 0.25) is 0 Å². The Morgan fingerprint density at radius 3 is 1.38 bits per heavy atom. The predicted octanol–water partition coefficient (Wildman–Crippen LogP) is -0.733. The van der Waals surface area contributed by atoms with Crippen LogP contribution in [0.3, 0.4) is 0 Å². The molecule has 0 aromatic rings. The van der Waals surface area contributed by atoms with Crippen molar-refractivity contribution in [2.24, 2.45) is 0 Å². The van der Waals surface area contributed by atoms with Gasteiger partial charge in [-0.2, -0.15) is 4.89 Å². The zero-order valence-electron chi connectivity index (χ0n) is 14.7. The molecule has 0 saturated carbocycles. The van der Waals surface area contributed by atoms with Crippen molar-refractivity contribution in [2.45, 2.75) is 6.10 Å². The van der Waals surface area contributed by atoms with Gasteiger partial charge in [-0.15, -0.1) is 6.42 Å². The minimum absolute atomic E-state index is 0.183. The molecule has 0 amide bonds. The monoisotopic (exact) mass is 380 g/mol. The van der Waals surface area contributed by atoms with Gasteiger partial charge >= 0.3 is 0 Å². The van der Waals surface area contributed by atoms with E-state index < -0.39 is 6.10 Å². The molecule has 0 heterocycles. The summed E-state index contributed by atoms with van der Waals surface area (Å²) in [6.45, 7) is 0.0583. The van der Waals surface area contributed by atoms with Crippen LogP contribution >= 0.6 is 0 Å². The fourth-order valence-corrected chi connectivity index (χ4v) is 0.978. The van der Waals surface area contributed by atoms with Crippen LogP contribution in [0.25, 0.3) is 0 Å². The van der Waals surface area contributed by atoms with E-state index in [1.54, 1.807) is 0 Å². The molecule has 0 radical (unpaired) electrons. The summed E-state index contributed by atoms with van der Waals surface area (Å²) in [5.41, 5.74) is 0. The molecule has 0 atom stereocenters. The number of terminal acetylenes is 1. The molecule has 6 nitrogen and oxygen atoms in total. The van der Waals surface area contributed by atoms with Crippen molar-refractivity contribution in [1.82, 2.24) is 0 Å². The van der Waals surface area contributed by atoms with E-state index in [1.165, 1.54) is 0 Å². The highest BCUT2D eigenvalue weighted by Crippen LogP contribution is 1.94. The van der Waals surface area contributed by atoms with Gasteiger partial charge < -0.3 is 9.47 Å². The van der Waals surface area contributed by atoms with Gasteiger partial charge in [0.05, 0.1) is 0 Å². The van der Waals surface area contributed by atoms with Crippen molar-refractivity contribution < 1.29 is 28.8 Å². The van der Waals surface area contributed by atoms with Gasteiger partial charge in [0.15, 0.2) is 12.2 Å². The molecule has 0 bridgehead atoms. The van der Waals surface area contributed by atoms with Crippen molar-refractivity contribution in [2.75, 3.05) is 13.2 Å². The van der Waals surface area contributed by atoms with Crippen molar-refractivity contribution in [3.63, 3.8) is 0 Å². The second-order valence-corrected chi connectivity index (χ2v) is 3.78. The van der Waals surface area contributed by atoms with Crippen LogP contribution in [0, 0.1) is 107 Å². The van der Waals surface area contributed by atoms with E-state index in [-0.39, 0.29) is 26.2 Å². The molecule has 6 heteroatoms. The third-order valence-corrected chi connectivity index (χ3v) is 1.92. The zero-order valence-corrected chi connectivity index (χ0v) is 14.7. The molecule has 0 fully saturated rings. The normalized spacial score (nSPS) is 6.07. The van der Waals surface area contributed by atoms with Crippen LogP contribution < -0.4 is 0 Å². The molecule has 0 aliphatic carbocycles. The zero-order chi connectivity index (χ0) is 21.3. The largest absolute Gasteiger partial charge is 0.465 e. The van der Waals surface area contributed by atoms with Gasteiger partial charge in [0.2, 0.25) is 0 Å². The van der Waals surface area contributed by atoms with Gasteiger partial charge in [-0.05, 0) is 47.4 Å². The van der Waals surface area contributed by atoms with Crippen LogP contribution in [-0.2, 0) is 28.8 Å². The minimum atomic E-state index is -0.831. The maximum atomic E-state index is 10.1. The van der Waals surface area contributed by atoms with E-state index in [9.17, 15) is 9.59 Å². The van der Waals surface area contributed by atoms with E-state index in [2.05, 4.69) is 115 Å². The van der Waals surface area contributed by atoms with Gasteiger partial charge in [0.25, 0.3) is 12.9 Å². The Morgan fingerprint density at radius 2 is 1.00 bits per heavy atom. The van der Waals surface area contributed by atoms with Crippen LogP contribution in [0.1, 0.15) is 0 Å². The van der Waals surface area contributed by atoms with E-state index in [4.69, 9.17) is 11.3 Å². The molecular weight excluding hydrogens is 372 g/mol. The van der Waals surface area contributed by atoms with Crippen molar-refractivity contribution in [1.29, 1.82) is 0 Å². The molecular formula is C23H8O6. The summed E-state index contributed by atoms with van der Waals surface area (Å²) in [5, 5.41) is 0. The average Bonchev–Trinajstić information content (AvgIpc) is 2.74. The molecule has 0 N–H and O–H groups in total. The fraction of sp³-hybridized carbons (Fsp3) is 0.130. The van der Waals surface area contributed by atoms with Gasteiger partial charge in [-0.1, -0.05) is 0 Å². The van der Waals surface area contributed by atoms with Gasteiger partial charge in [-0.25, -0.2) is 0 Å². The van der Waals surface area contributed by atoms with Gasteiger partial charge in [0, 0.05) is 47.4 Å². The van der Waals surface area contributed by atoms with Crippen molar-refractivity contribution in [3.05, 3.63) is 0 Å². The molecule has 0 aromatic heterocycles. The summed E-state index contributed by atoms with van der Waals surface area (Å²) in [6, 6.07) is 0. The van der Waals surface area contributed by atoms with Crippen LogP contribution in [0.5, 0.6) is 0 Å². The number of hydrogen-bond donors (Lipinski definition) is 0. The Balaban J connectivity index is 4.33. The van der Waals surface area contributed by atoms with Gasteiger partial charge in [0.1, 0.15) is 13.2 Å².